The number of imidazole rings is 1. The summed E-state index contributed by atoms with van der Waals surface area (Å²) in [5.74, 6) is 1.36. The predicted octanol–water partition coefficient (Wildman–Crippen LogP) is 3.88. The van der Waals surface area contributed by atoms with Crippen LogP contribution in [0, 0.1) is 0 Å². The third-order valence-corrected chi connectivity index (χ3v) is 3.97. The van der Waals surface area contributed by atoms with Gasteiger partial charge in [-0.3, -0.25) is 0 Å². The van der Waals surface area contributed by atoms with Gasteiger partial charge in [0.1, 0.15) is 11.6 Å². The minimum Gasteiger partial charge on any atom is -0.512 e. The van der Waals surface area contributed by atoms with E-state index in [0.717, 1.165) is 23.5 Å². The highest BCUT2D eigenvalue weighted by atomic mass is 16.3. The SMILES string of the molecule is CC1=C(O)CCn2c1nc1ccc3ccccc3c12. The van der Waals surface area contributed by atoms with Gasteiger partial charge in [-0.25, -0.2) is 4.98 Å². The number of aromatic nitrogens is 2. The predicted molar refractivity (Wildman–Crippen MR) is 77.1 cm³/mol. The van der Waals surface area contributed by atoms with Crippen molar-refractivity contribution in [3.8, 4) is 0 Å². The summed E-state index contributed by atoms with van der Waals surface area (Å²) in [4.78, 5) is 4.68. The number of aryl methyl sites for hydroxylation is 1. The third-order valence-electron chi connectivity index (χ3n) is 3.97. The van der Waals surface area contributed by atoms with E-state index in [0.29, 0.717) is 12.2 Å². The van der Waals surface area contributed by atoms with Crippen molar-refractivity contribution in [2.24, 2.45) is 0 Å². The van der Waals surface area contributed by atoms with Gasteiger partial charge in [-0.2, -0.15) is 0 Å². The van der Waals surface area contributed by atoms with Crippen LogP contribution < -0.4 is 0 Å². The molecule has 3 aromatic rings. The lowest BCUT2D eigenvalue weighted by Crippen LogP contribution is -2.10. The standard InChI is InChI=1S/C16H14N2O/c1-10-14(19)8-9-18-15-12-5-3-2-4-11(12)6-7-13(15)17-16(10)18/h2-7,19H,8-9H2,1H3. The molecule has 0 amide bonds. The highest BCUT2D eigenvalue weighted by Gasteiger charge is 2.20. The minimum atomic E-state index is 0.465. The molecule has 0 saturated heterocycles. The van der Waals surface area contributed by atoms with E-state index in [-0.39, 0.29) is 0 Å². The van der Waals surface area contributed by atoms with Crippen LogP contribution in [0.4, 0.5) is 0 Å². The first-order chi connectivity index (χ1) is 9.25. The molecule has 94 valence electrons. The normalized spacial score (nSPS) is 15.2. The van der Waals surface area contributed by atoms with E-state index >= 15 is 0 Å². The van der Waals surface area contributed by atoms with Crippen molar-refractivity contribution in [2.75, 3.05) is 0 Å². The van der Waals surface area contributed by atoms with Gasteiger partial charge >= 0.3 is 0 Å². The Hall–Kier alpha value is -2.29. The Morgan fingerprint density at radius 2 is 2.00 bits per heavy atom. The van der Waals surface area contributed by atoms with Gasteiger partial charge in [0.25, 0.3) is 0 Å². The Labute approximate surface area is 110 Å². The molecule has 1 aromatic heterocycles. The molecule has 0 bridgehead atoms. The second-order valence-electron chi connectivity index (χ2n) is 5.06. The zero-order chi connectivity index (χ0) is 13.0. The van der Waals surface area contributed by atoms with Gasteiger partial charge in [0, 0.05) is 23.9 Å². The maximum Gasteiger partial charge on any atom is 0.140 e. The lowest BCUT2D eigenvalue weighted by atomic mass is 10.1. The molecule has 1 aliphatic heterocycles. The molecule has 0 unspecified atom stereocenters. The second-order valence-corrected chi connectivity index (χ2v) is 5.06. The van der Waals surface area contributed by atoms with E-state index in [2.05, 4.69) is 45.9 Å². The average molecular weight is 250 g/mol. The molecule has 0 atom stereocenters. The molecule has 3 heteroatoms. The van der Waals surface area contributed by atoms with E-state index in [9.17, 15) is 5.11 Å². The summed E-state index contributed by atoms with van der Waals surface area (Å²) < 4.78 is 2.23. The fourth-order valence-corrected chi connectivity index (χ4v) is 2.94. The van der Waals surface area contributed by atoms with Crippen molar-refractivity contribution in [1.82, 2.24) is 9.55 Å². The molecule has 0 fully saturated rings. The first-order valence-electron chi connectivity index (χ1n) is 6.53. The molecule has 0 spiro atoms. The maximum absolute atomic E-state index is 9.89. The number of hydrogen-bond donors (Lipinski definition) is 1. The molecule has 0 radical (unpaired) electrons. The van der Waals surface area contributed by atoms with E-state index in [4.69, 9.17) is 0 Å². The number of rotatable bonds is 0. The van der Waals surface area contributed by atoms with Crippen LogP contribution in [-0.4, -0.2) is 14.7 Å². The summed E-state index contributed by atoms with van der Waals surface area (Å²) in [7, 11) is 0. The zero-order valence-corrected chi connectivity index (χ0v) is 10.7. The van der Waals surface area contributed by atoms with Gasteiger partial charge in [0.05, 0.1) is 11.0 Å². The van der Waals surface area contributed by atoms with E-state index in [1.54, 1.807) is 0 Å². The molecule has 19 heavy (non-hydrogen) atoms. The van der Waals surface area contributed by atoms with Gasteiger partial charge in [0.15, 0.2) is 0 Å². The molecule has 3 nitrogen and oxygen atoms in total. The smallest absolute Gasteiger partial charge is 0.140 e. The van der Waals surface area contributed by atoms with Gasteiger partial charge < -0.3 is 9.67 Å². The van der Waals surface area contributed by atoms with Crippen LogP contribution in [0.15, 0.2) is 42.2 Å². The summed E-state index contributed by atoms with van der Waals surface area (Å²) >= 11 is 0. The molecule has 1 aliphatic rings. The van der Waals surface area contributed by atoms with E-state index in [1.807, 2.05) is 6.92 Å². The van der Waals surface area contributed by atoms with Crippen molar-refractivity contribution < 1.29 is 5.11 Å². The maximum atomic E-state index is 9.89. The summed E-state index contributed by atoms with van der Waals surface area (Å²) in [5, 5.41) is 12.3. The number of allylic oxidation sites excluding steroid dienone is 2. The van der Waals surface area contributed by atoms with Crippen molar-refractivity contribution in [2.45, 2.75) is 19.9 Å². The number of hydrogen-bond acceptors (Lipinski definition) is 2. The molecule has 0 saturated carbocycles. The lowest BCUT2D eigenvalue weighted by molar-refractivity contribution is 0.373. The molecular weight excluding hydrogens is 236 g/mol. The van der Waals surface area contributed by atoms with Crippen molar-refractivity contribution in [1.29, 1.82) is 0 Å². The molecule has 0 aliphatic carbocycles. The van der Waals surface area contributed by atoms with Crippen LogP contribution >= 0.6 is 0 Å². The summed E-state index contributed by atoms with van der Waals surface area (Å²) in [6, 6.07) is 12.5. The fraction of sp³-hybridized carbons (Fsp3) is 0.188. The topological polar surface area (TPSA) is 38.0 Å². The van der Waals surface area contributed by atoms with E-state index in [1.165, 1.54) is 16.3 Å². The number of fused-ring (bicyclic) bond motifs is 5. The first kappa shape index (κ1) is 10.6. The van der Waals surface area contributed by atoms with Gasteiger partial charge in [-0.05, 0) is 18.4 Å². The highest BCUT2D eigenvalue weighted by Crippen LogP contribution is 2.32. The summed E-state index contributed by atoms with van der Waals surface area (Å²) in [5.41, 5.74) is 3.08. The van der Waals surface area contributed by atoms with Crippen LogP contribution in [0.5, 0.6) is 0 Å². The average Bonchev–Trinajstić information content (AvgIpc) is 2.83. The lowest BCUT2D eigenvalue weighted by Gasteiger charge is -2.16. The Morgan fingerprint density at radius 3 is 2.89 bits per heavy atom. The van der Waals surface area contributed by atoms with Crippen LogP contribution in [0.25, 0.3) is 27.4 Å². The molecule has 2 aromatic carbocycles. The van der Waals surface area contributed by atoms with Crippen molar-refractivity contribution in [3.63, 3.8) is 0 Å². The van der Waals surface area contributed by atoms with Gasteiger partial charge in [0.2, 0.25) is 0 Å². The van der Waals surface area contributed by atoms with Crippen LogP contribution in [0.2, 0.25) is 0 Å². The molecule has 2 heterocycles. The highest BCUT2D eigenvalue weighted by molar-refractivity contribution is 6.05. The number of nitrogens with zero attached hydrogens (tertiary/aromatic N) is 2. The fourth-order valence-electron chi connectivity index (χ4n) is 2.94. The Morgan fingerprint density at radius 1 is 1.16 bits per heavy atom. The molecule has 4 rings (SSSR count). The summed E-state index contributed by atoms with van der Waals surface area (Å²) in [6.45, 7) is 2.73. The Bertz CT molecular complexity index is 842. The van der Waals surface area contributed by atoms with Crippen LogP contribution in [-0.2, 0) is 6.54 Å². The van der Waals surface area contributed by atoms with Gasteiger partial charge in [-0.15, -0.1) is 0 Å². The van der Waals surface area contributed by atoms with E-state index < -0.39 is 0 Å². The molecular formula is C16H14N2O. The number of benzene rings is 2. The summed E-state index contributed by atoms with van der Waals surface area (Å²) in [6.07, 6.45) is 0.688. The van der Waals surface area contributed by atoms with Gasteiger partial charge in [-0.1, -0.05) is 30.3 Å². The van der Waals surface area contributed by atoms with Crippen LogP contribution in [0.3, 0.4) is 0 Å². The number of aliphatic hydroxyl groups excluding tert-OH is 1. The monoisotopic (exact) mass is 250 g/mol. The zero-order valence-electron chi connectivity index (χ0n) is 10.7. The van der Waals surface area contributed by atoms with Crippen molar-refractivity contribution in [3.05, 3.63) is 48.0 Å². The third kappa shape index (κ3) is 1.35. The first-order valence-corrected chi connectivity index (χ1v) is 6.53. The quantitative estimate of drug-likeness (QED) is 0.657. The second kappa shape index (κ2) is 3.60. The molecule has 1 N–H and O–H groups in total. The minimum absolute atomic E-state index is 0.465. The Kier molecular flexibility index (Phi) is 2.01. The van der Waals surface area contributed by atoms with Crippen molar-refractivity contribution >= 4 is 27.4 Å². The van der Waals surface area contributed by atoms with Crippen LogP contribution in [0.1, 0.15) is 19.2 Å². The largest absolute Gasteiger partial charge is 0.512 e. The Balaban J connectivity index is 2.19. The number of aliphatic hydroxyl groups is 1.